The van der Waals surface area contributed by atoms with Crippen molar-refractivity contribution in [1.82, 2.24) is 19.5 Å². The minimum absolute atomic E-state index is 0.265. The summed E-state index contributed by atoms with van der Waals surface area (Å²) in [5.74, 6) is -0.121. The van der Waals surface area contributed by atoms with Gasteiger partial charge in [-0.05, 0) is 47.5 Å². The number of rotatable bonds is 6. The molecule has 2 aromatic carbocycles. The summed E-state index contributed by atoms with van der Waals surface area (Å²) in [4.78, 5) is 30.7. The zero-order valence-corrected chi connectivity index (χ0v) is 17.5. The third-order valence-corrected chi connectivity index (χ3v) is 5.06. The van der Waals surface area contributed by atoms with Crippen molar-refractivity contribution in [2.45, 2.75) is 13.5 Å². The summed E-state index contributed by atoms with van der Waals surface area (Å²) in [5.41, 5.74) is 2.14. The van der Waals surface area contributed by atoms with Crippen LogP contribution in [-0.4, -0.2) is 52.1 Å². The highest BCUT2D eigenvalue weighted by atomic mass is 16.5. The van der Waals surface area contributed by atoms with Gasteiger partial charge in [0, 0.05) is 26.0 Å². The second kappa shape index (κ2) is 8.43. The third-order valence-electron chi connectivity index (χ3n) is 5.06. The van der Waals surface area contributed by atoms with Gasteiger partial charge in [-0.2, -0.15) is 5.10 Å². The summed E-state index contributed by atoms with van der Waals surface area (Å²) in [6, 6.07) is 13.5. The van der Waals surface area contributed by atoms with Gasteiger partial charge in [0.25, 0.3) is 5.91 Å². The van der Waals surface area contributed by atoms with E-state index in [9.17, 15) is 9.59 Å². The molecule has 0 bridgehead atoms. The molecule has 0 fully saturated rings. The van der Waals surface area contributed by atoms with E-state index in [1.807, 2.05) is 36.4 Å². The number of benzene rings is 2. The Balaban J connectivity index is 1.40. The van der Waals surface area contributed by atoms with E-state index in [1.165, 1.54) is 9.42 Å². The molecule has 0 saturated heterocycles. The number of esters is 1. The van der Waals surface area contributed by atoms with Crippen LogP contribution in [0.25, 0.3) is 16.4 Å². The Morgan fingerprint density at radius 2 is 1.90 bits per heavy atom. The standard InChI is InChI=1S/C23H22N4O4/c1-15-21(22-24-9-4-10-27(22)25-15)23(29)31-14-20(28)26(2)13-16-5-6-18-12-19(30-3)8-7-17(18)11-16/h4-12H,13-14H2,1-3H3. The van der Waals surface area contributed by atoms with Crippen LogP contribution in [0, 0.1) is 6.92 Å². The van der Waals surface area contributed by atoms with E-state index in [0.29, 0.717) is 17.9 Å². The average molecular weight is 418 g/mol. The van der Waals surface area contributed by atoms with Gasteiger partial charge in [-0.25, -0.2) is 14.3 Å². The van der Waals surface area contributed by atoms with Crippen LogP contribution in [0.1, 0.15) is 21.6 Å². The smallest absolute Gasteiger partial charge is 0.344 e. The van der Waals surface area contributed by atoms with Gasteiger partial charge in [-0.1, -0.05) is 18.2 Å². The first kappa shape index (κ1) is 20.3. The van der Waals surface area contributed by atoms with Crippen LogP contribution in [0.3, 0.4) is 0 Å². The van der Waals surface area contributed by atoms with Gasteiger partial charge >= 0.3 is 5.97 Å². The first-order valence-corrected chi connectivity index (χ1v) is 9.74. The number of carbonyl (C=O) groups is 2. The molecule has 0 aliphatic heterocycles. The van der Waals surface area contributed by atoms with Gasteiger partial charge < -0.3 is 14.4 Å². The number of aryl methyl sites for hydroxylation is 1. The maximum absolute atomic E-state index is 12.5. The number of carbonyl (C=O) groups excluding carboxylic acids is 2. The van der Waals surface area contributed by atoms with E-state index >= 15 is 0 Å². The number of hydrogen-bond acceptors (Lipinski definition) is 6. The lowest BCUT2D eigenvalue weighted by Gasteiger charge is -2.17. The maximum Gasteiger partial charge on any atom is 0.344 e. The summed E-state index contributed by atoms with van der Waals surface area (Å²) in [5, 5.41) is 6.35. The normalized spacial score (nSPS) is 10.9. The Morgan fingerprint density at radius 1 is 1.13 bits per heavy atom. The van der Waals surface area contributed by atoms with Crippen LogP contribution in [0.5, 0.6) is 5.75 Å². The van der Waals surface area contributed by atoms with E-state index in [-0.39, 0.29) is 18.1 Å². The van der Waals surface area contributed by atoms with Crippen molar-refractivity contribution in [3.63, 3.8) is 0 Å². The second-order valence-corrected chi connectivity index (χ2v) is 7.22. The van der Waals surface area contributed by atoms with Crippen LogP contribution < -0.4 is 4.74 Å². The molecule has 8 heteroatoms. The molecule has 2 heterocycles. The van der Waals surface area contributed by atoms with Crippen molar-refractivity contribution < 1.29 is 19.1 Å². The predicted octanol–water partition coefficient (Wildman–Crippen LogP) is 3.01. The van der Waals surface area contributed by atoms with Crippen molar-refractivity contribution in [2.75, 3.05) is 20.8 Å². The minimum Gasteiger partial charge on any atom is -0.497 e. The van der Waals surface area contributed by atoms with Crippen molar-refractivity contribution in [3.05, 3.63) is 71.7 Å². The number of aromatic nitrogens is 3. The van der Waals surface area contributed by atoms with E-state index in [1.54, 1.807) is 39.5 Å². The highest BCUT2D eigenvalue weighted by molar-refractivity contribution is 5.98. The lowest BCUT2D eigenvalue weighted by Crippen LogP contribution is -2.30. The Morgan fingerprint density at radius 3 is 2.71 bits per heavy atom. The zero-order chi connectivity index (χ0) is 22.0. The number of fused-ring (bicyclic) bond motifs is 2. The summed E-state index contributed by atoms with van der Waals surface area (Å²) in [6.07, 6.45) is 3.27. The van der Waals surface area contributed by atoms with Crippen LogP contribution in [0.4, 0.5) is 0 Å². The molecule has 0 spiro atoms. The molecule has 31 heavy (non-hydrogen) atoms. The minimum atomic E-state index is -0.618. The molecule has 4 rings (SSSR count). The van der Waals surface area contributed by atoms with Gasteiger partial charge in [-0.15, -0.1) is 0 Å². The molecule has 2 aromatic heterocycles. The summed E-state index contributed by atoms with van der Waals surface area (Å²) in [7, 11) is 3.31. The molecule has 0 unspecified atom stereocenters. The van der Waals surface area contributed by atoms with Crippen molar-refractivity contribution in [3.8, 4) is 5.75 Å². The van der Waals surface area contributed by atoms with Crippen LogP contribution >= 0.6 is 0 Å². The number of amides is 1. The zero-order valence-electron chi connectivity index (χ0n) is 17.5. The fourth-order valence-electron chi connectivity index (χ4n) is 3.41. The van der Waals surface area contributed by atoms with Crippen molar-refractivity contribution >= 4 is 28.3 Å². The molecule has 0 radical (unpaired) electrons. The van der Waals surface area contributed by atoms with Crippen molar-refractivity contribution in [1.29, 1.82) is 0 Å². The van der Waals surface area contributed by atoms with E-state index in [0.717, 1.165) is 22.1 Å². The average Bonchev–Trinajstić information content (AvgIpc) is 3.12. The van der Waals surface area contributed by atoms with Crippen LogP contribution in [-0.2, 0) is 16.1 Å². The predicted molar refractivity (Wildman–Crippen MR) is 115 cm³/mol. The van der Waals surface area contributed by atoms with Gasteiger partial charge in [0.05, 0.1) is 12.8 Å². The number of likely N-dealkylation sites (N-methyl/N-ethyl adjacent to an activating group) is 1. The molecule has 0 aliphatic carbocycles. The molecule has 8 nitrogen and oxygen atoms in total. The van der Waals surface area contributed by atoms with Crippen LogP contribution in [0.15, 0.2) is 54.9 Å². The summed E-state index contributed by atoms with van der Waals surface area (Å²) < 4.78 is 12.0. The monoisotopic (exact) mass is 418 g/mol. The largest absolute Gasteiger partial charge is 0.497 e. The SMILES string of the molecule is COc1ccc2cc(CN(C)C(=O)COC(=O)c3c(C)nn4cccnc34)ccc2c1. The number of nitrogens with zero attached hydrogens (tertiary/aromatic N) is 4. The second-order valence-electron chi connectivity index (χ2n) is 7.22. The maximum atomic E-state index is 12.5. The molecular formula is C23H22N4O4. The molecule has 0 aliphatic rings. The highest BCUT2D eigenvalue weighted by Gasteiger charge is 2.21. The topological polar surface area (TPSA) is 86.0 Å². The quantitative estimate of drug-likeness (QED) is 0.448. The van der Waals surface area contributed by atoms with Gasteiger partial charge in [-0.3, -0.25) is 4.79 Å². The Labute approximate surface area is 179 Å². The first-order valence-electron chi connectivity index (χ1n) is 9.74. The molecule has 1 amide bonds. The Hall–Kier alpha value is -3.94. The third kappa shape index (κ3) is 4.18. The summed E-state index contributed by atoms with van der Waals surface area (Å²) >= 11 is 0. The Bertz CT molecular complexity index is 1280. The molecule has 158 valence electrons. The first-order chi connectivity index (χ1) is 15.0. The number of ether oxygens (including phenoxy) is 2. The summed E-state index contributed by atoms with van der Waals surface area (Å²) in [6.45, 7) is 1.74. The fourth-order valence-corrected chi connectivity index (χ4v) is 3.41. The highest BCUT2D eigenvalue weighted by Crippen LogP contribution is 2.22. The molecule has 0 saturated carbocycles. The number of methoxy groups -OCH3 is 1. The van der Waals surface area contributed by atoms with Gasteiger partial charge in [0.15, 0.2) is 12.3 Å². The fraction of sp³-hybridized carbons (Fsp3) is 0.217. The molecular weight excluding hydrogens is 396 g/mol. The lowest BCUT2D eigenvalue weighted by molar-refractivity contribution is -0.133. The molecule has 0 atom stereocenters. The van der Waals surface area contributed by atoms with Crippen LogP contribution in [0.2, 0.25) is 0 Å². The number of hydrogen-bond donors (Lipinski definition) is 0. The molecule has 4 aromatic rings. The van der Waals surface area contributed by atoms with E-state index in [2.05, 4.69) is 10.1 Å². The van der Waals surface area contributed by atoms with Gasteiger partial charge in [0.2, 0.25) is 0 Å². The molecule has 0 N–H and O–H groups in total. The van der Waals surface area contributed by atoms with E-state index < -0.39 is 5.97 Å². The van der Waals surface area contributed by atoms with Crippen molar-refractivity contribution in [2.24, 2.45) is 0 Å². The Kier molecular flexibility index (Phi) is 5.53. The lowest BCUT2D eigenvalue weighted by atomic mass is 10.1. The van der Waals surface area contributed by atoms with Gasteiger partial charge in [0.1, 0.15) is 11.3 Å². The van der Waals surface area contributed by atoms with E-state index in [4.69, 9.17) is 9.47 Å².